The summed E-state index contributed by atoms with van der Waals surface area (Å²) >= 11 is 4.72. The zero-order chi connectivity index (χ0) is 13.0. The van der Waals surface area contributed by atoms with Crippen LogP contribution >= 0.6 is 27.3 Å². The first-order chi connectivity index (χ1) is 8.72. The van der Waals surface area contributed by atoms with E-state index in [1.807, 2.05) is 18.2 Å². The van der Waals surface area contributed by atoms with Crippen LogP contribution in [0, 0.1) is 0 Å². The van der Waals surface area contributed by atoms with E-state index in [9.17, 15) is 0 Å². The highest BCUT2D eigenvalue weighted by Gasteiger charge is 2.05. The molecular formula is C11H12BrN3O2S. The summed E-state index contributed by atoms with van der Waals surface area (Å²) in [6.07, 6.45) is 0. The van der Waals surface area contributed by atoms with Gasteiger partial charge < -0.3 is 14.8 Å². The zero-order valence-corrected chi connectivity index (χ0v) is 12.3. The van der Waals surface area contributed by atoms with Crippen LogP contribution in [0.15, 0.2) is 22.1 Å². The molecule has 5 nitrogen and oxygen atoms in total. The van der Waals surface area contributed by atoms with Gasteiger partial charge in [-0.05, 0) is 33.6 Å². The molecule has 2 rings (SSSR count). The predicted octanol–water partition coefficient (Wildman–Crippen LogP) is 2.93. The SMILES string of the molecule is COc1ccc(CNc2nnc(Br)s2)cc1OC. The van der Waals surface area contributed by atoms with Crippen LogP contribution in [0.2, 0.25) is 0 Å². The van der Waals surface area contributed by atoms with Crippen LogP contribution in [0.5, 0.6) is 11.5 Å². The number of anilines is 1. The van der Waals surface area contributed by atoms with Crippen LogP contribution in [0.4, 0.5) is 5.13 Å². The van der Waals surface area contributed by atoms with Crippen LogP contribution in [0.25, 0.3) is 0 Å². The van der Waals surface area contributed by atoms with Crippen LogP contribution in [0.1, 0.15) is 5.56 Å². The Kier molecular flexibility index (Phi) is 4.38. The van der Waals surface area contributed by atoms with E-state index in [0.717, 1.165) is 26.1 Å². The van der Waals surface area contributed by atoms with E-state index in [1.54, 1.807) is 14.2 Å². The molecule has 0 amide bonds. The van der Waals surface area contributed by atoms with Crippen LogP contribution in [-0.2, 0) is 6.54 Å². The monoisotopic (exact) mass is 329 g/mol. The van der Waals surface area contributed by atoms with Crippen LogP contribution < -0.4 is 14.8 Å². The van der Waals surface area contributed by atoms with Crippen molar-refractivity contribution in [1.82, 2.24) is 10.2 Å². The fraction of sp³-hybridized carbons (Fsp3) is 0.273. The summed E-state index contributed by atoms with van der Waals surface area (Å²) in [4.78, 5) is 0. The Labute approximate surface area is 117 Å². The second kappa shape index (κ2) is 6.01. The summed E-state index contributed by atoms with van der Waals surface area (Å²) in [6.45, 7) is 0.655. The van der Waals surface area contributed by atoms with Gasteiger partial charge in [0, 0.05) is 6.54 Å². The van der Waals surface area contributed by atoms with Gasteiger partial charge in [0.1, 0.15) is 0 Å². The van der Waals surface area contributed by atoms with Crippen molar-refractivity contribution in [3.05, 3.63) is 27.7 Å². The average Bonchev–Trinajstić information content (AvgIpc) is 2.81. The van der Waals surface area contributed by atoms with Crippen LogP contribution in [0.3, 0.4) is 0 Å². The molecule has 0 bridgehead atoms. The maximum absolute atomic E-state index is 5.25. The lowest BCUT2D eigenvalue weighted by molar-refractivity contribution is 0.354. The largest absolute Gasteiger partial charge is 0.493 e. The maximum Gasteiger partial charge on any atom is 0.206 e. The van der Waals surface area contributed by atoms with Gasteiger partial charge in [-0.1, -0.05) is 17.4 Å². The highest BCUT2D eigenvalue weighted by Crippen LogP contribution is 2.28. The van der Waals surface area contributed by atoms with E-state index < -0.39 is 0 Å². The molecule has 0 radical (unpaired) electrons. The summed E-state index contributed by atoms with van der Waals surface area (Å²) in [5.74, 6) is 1.44. The van der Waals surface area contributed by atoms with Crippen molar-refractivity contribution in [3.8, 4) is 11.5 Å². The Hall–Kier alpha value is -1.34. The lowest BCUT2D eigenvalue weighted by atomic mass is 10.2. The Morgan fingerprint density at radius 2 is 2.00 bits per heavy atom. The number of ether oxygens (including phenoxy) is 2. The van der Waals surface area contributed by atoms with Gasteiger partial charge in [0.05, 0.1) is 14.2 Å². The van der Waals surface area contributed by atoms with Gasteiger partial charge >= 0.3 is 0 Å². The minimum absolute atomic E-state index is 0.655. The third kappa shape index (κ3) is 3.11. The van der Waals surface area contributed by atoms with Crippen molar-refractivity contribution in [2.24, 2.45) is 0 Å². The summed E-state index contributed by atoms with van der Waals surface area (Å²) in [5, 5.41) is 11.8. The highest BCUT2D eigenvalue weighted by atomic mass is 79.9. The smallest absolute Gasteiger partial charge is 0.206 e. The Morgan fingerprint density at radius 3 is 2.61 bits per heavy atom. The molecule has 1 aromatic carbocycles. The molecule has 0 saturated carbocycles. The molecule has 0 spiro atoms. The second-order valence-corrected chi connectivity index (χ2v) is 5.66. The Morgan fingerprint density at radius 1 is 1.22 bits per heavy atom. The number of nitrogens with zero attached hydrogens (tertiary/aromatic N) is 2. The highest BCUT2D eigenvalue weighted by molar-refractivity contribution is 9.11. The molecule has 0 aliphatic rings. The van der Waals surface area contributed by atoms with Gasteiger partial charge in [-0.3, -0.25) is 0 Å². The van der Waals surface area contributed by atoms with Crippen LogP contribution in [-0.4, -0.2) is 24.4 Å². The molecular weight excluding hydrogens is 318 g/mol. The number of hydrogen-bond donors (Lipinski definition) is 1. The number of rotatable bonds is 5. The van der Waals surface area contributed by atoms with Gasteiger partial charge in [-0.25, -0.2) is 0 Å². The minimum atomic E-state index is 0.655. The number of hydrogen-bond acceptors (Lipinski definition) is 6. The summed E-state index contributed by atoms with van der Waals surface area (Å²) in [6, 6.07) is 5.79. The van der Waals surface area contributed by atoms with Crippen molar-refractivity contribution in [2.45, 2.75) is 6.54 Å². The first-order valence-electron chi connectivity index (χ1n) is 5.16. The van der Waals surface area contributed by atoms with Gasteiger partial charge in [0.15, 0.2) is 15.4 Å². The lowest BCUT2D eigenvalue weighted by Gasteiger charge is -2.09. The van der Waals surface area contributed by atoms with Gasteiger partial charge in [-0.2, -0.15) is 0 Å². The number of halogens is 1. The maximum atomic E-state index is 5.25. The van der Waals surface area contributed by atoms with E-state index in [-0.39, 0.29) is 0 Å². The zero-order valence-electron chi connectivity index (χ0n) is 9.94. The Bertz CT molecular complexity index is 533. The Balaban J connectivity index is 2.05. The average molecular weight is 330 g/mol. The van der Waals surface area contributed by atoms with Gasteiger partial charge in [-0.15, -0.1) is 10.2 Å². The molecule has 2 aromatic rings. The molecule has 1 aromatic heterocycles. The van der Waals surface area contributed by atoms with Crippen molar-refractivity contribution in [1.29, 1.82) is 0 Å². The van der Waals surface area contributed by atoms with Crippen molar-refractivity contribution in [3.63, 3.8) is 0 Å². The van der Waals surface area contributed by atoms with E-state index in [1.165, 1.54) is 11.3 Å². The summed E-state index contributed by atoms with van der Waals surface area (Å²) in [7, 11) is 3.24. The molecule has 7 heteroatoms. The van der Waals surface area contributed by atoms with Gasteiger partial charge in [0.2, 0.25) is 5.13 Å². The van der Waals surface area contributed by atoms with E-state index in [2.05, 4.69) is 31.4 Å². The molecule has 0 aliphatic heterocycles. The first kappa shape index (κ1) is 13.1. The van der Waals surface area contributed by atoms with E-state index in [0.29, 0.717) is 6.54 Å². The fourth-order valence-corrected chi connectivity index (χ4v) is 2.45. The number of nitrogens with one attached hydrogen (secondary N) is 1. The van der Waals surface area contributed by atoms with Crippen molar-refractivity contribution < 1.29 is 9.47 Å². The van der Waals surface area contributed by atoms with E-state index >= 15 is 0 Å². The quantitative estimate of drug-likeness (QED) is 0.913. The predicted molar refractivity (Wildman–Crippen MR) is 74.5 cm³/mol. The lowest BCUT2D eigenvalue weighted by Crippen LogP contribution is -2.00. The molecule has 0 aliphatic carbocycles. The fourth-order valence-electron chi connectivity index (χ4n) is 1.45. The molecule has 1 heterocycles. The standard InChI is InChI=1S/C11H12BrN3O2S/c1-16-8-4-3-7(5-9(8)17-2)6-13-11-15-14-10(12)18-11/h3-5H,6H2,1-2H3,(H,13,15). The summed E-state index contributed by atoms with van der Waals surface area (Å²) in [5.41, 5.74) is 1.08. The molecule has 0 atom stereocenters. The third-order valence-electron chi connectivity index (χ3n) is 2.29. The molecule has 96 valence electrons. The number of benzene rings is 1. The molecule has 0 fully saturated rings. The number of methoxy groups -OCH3 is 2. The van der Waals surface area contributed by atoms with E-state index in [4.69, 9.17) is 9.47 Å². The molecule has 0 unspecified atom stereocenters. The normalized spacial score (nSPS) is 10.2. The number of aromatic nitrogens is 2. The second-order valence-electron chi connectivity index (χ2n) is 3.40. The topological polar surface area (TPSA) is 56.3 Å². The van der Waals surface area contributed by atoms with Crippen molar-refractivity contribution >= 4 is 32.4 Å². The minimum Gasteiger partial charge on any atom is -0.493 e. The summed E-state index contributed by atoms with van der Waals surface area (Å²) < 4.78 is 11.2. The third-order valence-corrected chi connectivity index (χ3v) is 3.61. The molecule has 1 N–H and O–H groups in total. The molecule has 0 saturated heterocycles. The van der Waals surface area contributed by atoms with Crippen molar-refractivity contribution in [2.75, 3.05) is 19.5 Å². The van der Waals surface area contributed by atoms with Gasteiger partial charge in [0.25, 0.3) is 0 Å². The first-order valence-corrected chi connectivity index (χ1v) is 6.77. The molecule has 18 heavy (non-hydrogen) atoms.